The van der Waals surface area contributed by atoms with E-state index in [1.54, 1.807) is 24.3 Å². The van der Waals surface area contributed by atoms with E-state index in [1.807, 2.05) is 13.0 Å². The number of benzene rings is 1. The monoisotopic (exact) mass is 321 g/mol. The zero-order valence-electron chi connectivity index (χ0n) is 13.5. The first kappa shape index (κ1) is 18.5. The van der Waals surface area contributed by atoms with Crippen molar-refractivity contribution in [3.63, 3.8) is 0 Å². The standard InChI is InChI=1S/C16H23N3O4/c1-3-9-17-14(20)10-18(2)15(21)11-19(12-16(22)23)13-7-5-4-6-8-13/h4-8H,3,9-12H2,1-2H3,(H,17,20)(H,22,23). The molecule has 0 aliphatic heterocycles. The third-order valence-corrected chi connectivity index (χ3v) is 3.15. The Balaban J connectivity index is 2.66. The van der Waals surface area contributed by atoms with Gasteiger partial charge in [-0.1, -0.05) is 25.1 Å². The number of aliphatic carboxylic acids is 1. The Morgan fingerprint density at radius 1 is 1.09 bits per heavy atom. The van der Waals surface area contributed by atoms with E-state index in [0.717, 1.165) is 6.42 Å². The summed E-state index contributed by atoms with van der Waals surface area (Å²) in [6, 6.07) is 8.84. The van der Waals surface area contributed by atoms with Gasteiger partial charge < -0.3 is 20.2 Å². The molecule has 126 valence electrons. The van der Waals surface area contributed by atoms with E-state index in [1.165, 1.54) is 16.8 Å². The number of likely N-dealkylation sites (N-methyl/N-ethyl adjacent to an activating group) is 1. The van der Waals surface area contributed by atoms with Gasteiger partial charge in [-0.3, -0.25) is 14.4 Å². The molecule has 0 radical (unpaired) electrons. The van der Waals surface area contributed by atoms with E-state index in [4.69, 9.17) is 5.11 Å². The maximum absolute atomic E-state index is 12.2. The van der Waals surface area contributed by atoms with Crippen molar-refractivity contribution in [3.8, 4) is 0 Å². The Bertz CT molecular complexity index is 533. The van der Waals surface area contributed by atoms with Crippen LogP contribution in [0.3, 0.4) is 0 Å². The number of anilines is 1. The number of hydrogen-bond donors (Lipinski definition) is 2. The summed E-state index contributed by atoms with van der Waals surface area (Å²) in [5, 5.41) is 11.7. The van der Waals surface area contributed by atoms with Crippen LogP contribution in [0.1, 0.15) is 13.3 Å². The quantitative estimate of drug-likeness (QED) is 0.694. The van der Waals surface area contributed by atoms with Crippen LogP contribution < -0.4 is 10.2 Å². The van der Waals surface area contributed by atoms with Gasteiger partial charge in [-0.05, 0) is 18.6 Å². The van der Waals surface area contributed by atoms with Gasteiger partial charge in [-0.25, -0.2) is 0 Å². The maximum Gasteiger partial charge on any atom is 0.323 e. The van der Waals surface area contributed by atoms with Crippen LogP contribution >= 0.6 is 0 Å². The van der Waals surface area contributed by atoms with E-state index < -0.39 is 5.97 Å². The molecule has 0 aliphatic rings. The van der Waals surface area contributed by atoms with E-state index in [-0.39, 0.29) is 31.4 Å². The van der Waals surface area contributed by atoms with Gasteiger partial charge in [0, 0.05) is 19.3 Å². The van der Waals surface area contributed by atoms with Gasteiger partial charge in [-0.15, -0.1) is 0 Å². The number of carbonyl (C=O) groups is 3. The van der Waals surface area contributed by atoms with Gasteiger partial charge in [0.15, 0.2) is 0 Å². The van der Waals surface area contributed by atoms with Gasteiger partial charge in [-0.2, -0.15) is 0 Å². The van der Waals surface area contributed by atoms with E-state index in [2.05, 4.69) is 5.32 Å². The molecule has 2 N–H and O–H groups in total. The molecule has 1 aromatic rings. The first-order chi connectivity index (χ1) is 10.9. The molecule has 0 saturated carbocycles. The van der Waals surface area contributed by atoms with Gasteiger partial charge >= 0.3 is 5.97 Å². The number of nitrogens with zero attached hydrogens (tertiary/aromatic N) is 2. The minimum atomic E-state index is -1.02. The van der Waals surface area contributed by atoms with Gasteiger partial charge in [0.2, 0.25) is 11.8 Å². The second-order valence-electron chi connectivity index (χ2n) is 5.19. The summed E-state index contributed by atoms with van der Waals surface area (Å²) >= 11 is 0. The van der Waals surface area contributed by atoms with Crippen molar-refractivity contribution in [2.45, 2.75) is 13.3 Å². The fourth-order valence-electron chi connectivity index (χ4n) is 1.95. The highest BCUT2D eigenvalue weighted by Gasteiger charge is 2.18. The van der Waals surface area contributed by atoms with Crippen molar-refractivity contribution in [3.05, 3.63) is 30.3 Å². The summed E-state index contributed by atoms with van der Waals surface area (Å²) in [7, 11) is 1.53. The topological polar surface area (TPSA) is 90.0 Å². The van der Waals surface area contributed by atoms with Crippen LogP contribution in [-0.4, -0.2) is 61.0 Å². The second-order valence-corrected chi connectivity index (χ2v) is 5.19. The molecule has 0 spiro atoms. The Morgan fingerprint density at radius 3 is 2.30 bits per heavy atom. The fourth-order valence-corrected chi connectivity index (χ4v) is 1.95. The van der Waals surface area contributed by atoms with Crippen LogP contribution in [0.5, 0.6) is 0 Å². The van der Waals surface area contributed by atoms with Crippen molar-refractivity contribution < 1.29 is 19.5 Å². The zero-order chi connectivity index (χ0) is 17.2. The molecule has 0 saturated heterocycles. The summed E-state index contributed by atoms with van der Waals surface area (Å²) in [5.41, 5.74) is 0.645. The first-order valence-electron chi connectivity index (χ1n) is 7.46. The fraction of sp³-hybridized carbons (Fsp3) is 0.438. The molecule has 1 rings (SSSR count). The highest BCUT2D eigenvalue weighted by atomic mass is 16.4. The molecular weight excluding hydrogens is 298 g/mol. The zero-order valence-corrected chi connectivity index (χ0v) is 13.5. The molecule has 0 fully saturated rings. The molecule has 7 nitrogen and oxygen atoms in total. The van der Waals surface area contributed by atoms with E-state index in [0.29, 0.717) is 12.2 Å². The van der Waals surface area contributed by atoms with Crippen LogP contribution in [0, 0.1) is 0 Å². The summed E-state index contributed by atoms with van der Waals surface area (Å²) in [5.74, 6) is -1.57. The highest BCUT2D eigenvalue weighted by Crippen LogP contribution is 2.12. The predicted octanol–water partition coefficient (Wildman–Crippen LogP) is 0.562. The normalized spacial score (nSPS) is 10.0. The molecule has 0 aliphatic carbocycles. The summed E-state index contributed by atoms with van der Waals surface area (Å²) in [6.45, 7) is 2.07. The number of para-hydroxylation sites is 1. The lowest BCUT2D eigenvalue weighted by Gasteiger charge is -2.25. The Labute approximate surface area is 135 Å². The van der Waals surface area contributed by atoms with Crippen LogP contribution in [0.4, 0.5) is 5.69 Å². The SMILES string of the molecule is CCCNC(=O)CN(C)C(=O)CN(CC(=O)O)c1ccccc1. The molecule has 0 aromatic heterocycles. The first-order valence-corrected chi connectivity index (χ1v) is 7.46. The Hall–Kier alpha value is -2.57. The van der Waals surface area contributed by atoms with E-state index in [9.17, 15) is 14.4 Å². The smallest absolute Gasteiger partial charge is 0.323 e. The number of amides is 2. The molecule has 2 amide bonds. The lowest BCUT2D eigenvalue weighted by atomic mass is 10.2. The molecule has 7 heteroatoms. The average Bonchev–Trinajstić information content (AvgIpc) is 2.52. The highest BCUT2D eigenvalue weighted by molar-refractivity contribution is 5.88. The predicted molar refractivity (Wildman–Crippen MR) is 87.2 cm³/mol. The largest absolute Gasteiger partial charge is 0.480 e. The number of carboxylic acids is 1. The third-order valence-electron chi connectivity index (χ3n) is 3.15. The molecule has 0 unspecified atom stereocenters. The van der Waals surface area contributed by atoms with Crippen molar-refractivity contribution in [1.82, 2.24) is 10.2 Å². The Kier molecular flexibility index (Phi) is 7.59. The van der Waals surface area contributed by atoms with E-state index >= 15 is 0 Å². The number of rotatable bonds is 9. The van der Waals surface area contributed by atoms with Gasteiger partial charge in [0.25, 0.3) is 0 Å². The molecule has 0 heterocycles. The van der Waals surface area contributed by atoms with Crippen LogP contribution in [0.15, 0.2) is 30.3 Å². The molecule has 23 heavy (non-hydrogen) atoms. The number of hydrogen-bond acceptors (Lipinski definition) is 4. The third kappa shape index (κ3) is 6.82. The lowest BCUT2D eigenvalue weighted by molar-refractivity contribution is -0.136. The Morgan fingerprint density at radius 2 is 1.74 bits per heavy atom. The number of carbonyl (C=O) groups excluding carboxylic acids is 2. The molecular formula is C16H23N3O4. The van der Waals surface area contributed by atoms with Gasteiger partial charge in [0.1, 0.15) is 6.54 Å². The van der Waals surface area contributed by atoms with Crippen molar-refractivity contribution in [1.29, 1.82) is 0 Å². The molecule has 1 aromatic carbocycles. The minimum absolute atomic E-state index is 0.0471. The molecule has 0 bridgehead atoms. The summed E-state index contributed by atoms with van der Waals surface area (Å²) < 4.78 is 0. The average molecular weight is 321 g/mol. The number of nitrogens with one attached hydrogen (secondary N) is 1. The van der Waals surface area contributed by atoms with Crippen molar-refractivity contribution >= 4 is 23.5 Å². The van der Waals surface area contributed by atoms with Crippen LogP contribution in [0.2, 0.25) is 0 Å². The van der Waals surface area contributed by atoms with Crippen LogP contribution in [-0.2, 0) is 14.4 Å². The maximum atomic E-state index is 12.2. The summed E-state index contributed by atoms with van der Waals surface area (Å²) in [6.07, 6.45) is 0.823. The minimum Gasteiger partial charge on any atom is -0.480 e. The summed E-state index contributed by atoms with van der Waals surface area (Å²) in [4.78, 5) is 37.6. The lowest BCUT2D eigenvalue weighted by Crippen LogP contribution is -2.44. The van der Waals surface area contributed by atoms with Gasteiger partial charge in [0.05, 0.1) is 13.1 Å². The number of carboxylic acid groups (broad SMARTS) is 1. The second kappa shape index (κ2) is 9.45. The van der Waals surface area contributed by atoms with Crippen LogP contribution in [0.25, 0.3) is 0 Å². The van der Waals surface area contributed by atoms with Crippen molar-refractivity contribution in [2.24, 2.45) is 0 Å². The van der Waals surface area contributed by atoms with Crippen molar-refractivity contribution in [2.75, 3.05) is 38.1 Å². The molecule has 0 atom stereocenters.